The molecule has 0 radical (unpaired) electrons. The lowest BCUT2D eigenvalue weighted by atomic mass is 9.87. The maximum absolute atomic E-state index is 15.9. The van der Waals surface area contributed by atoms with E-state index in [-0.39, 0.29) is 23.5 Å². The van der Waals surface area contributed by atoms with Crippen molar-refractivity contribution in [1.29, 1.82) is 5.26 Å². The summed E-state index contributed by atoms with van der Waals surface area (Å²) in [5.74, 6) is -1.05. The van der Waals surface area contributed by atoms with Crippen LogP contribution >= 0.6 is 0 Å². The van der Waals surface area contributed by atoms with E-state index in [2.05, 4.69) is 29.5 Å². The second-order valence-corrected chi connectivity index (χ2v) is 10.6. The molecule has 0 aliphatic carbocycles. The van der Waals surface area contributed by atoms with Crippen molar-refractivity contribution in [3.8, 4) is 11.8 Å². The average Bonchev–Trinajstić information content (AvgIpc) is 3.49. The zero-order chi connectivity index (χ0) is 26.8. The molecule has 0 amide bonds. The van der Waals surface area contributed by atoms with Crippen LogP contribution in [-0.4, -0.2) is 46.6 Å². The number of rotatable bonds is 9. The Balaban J connectivity index is 1.51. The van der Waals surface area contributed by atoms with Crippen LogP contribution in [0.5, 0.6) is 5.75 Å². The molecule has 3 aromatic rings. The molecule has 1 saturated heterocycles. The molecule has 200 valence electrons. The standard InChI is InChI=1S/C31H36F2N4O/c1-4-5-14-36-15-12-22(19-36)38-23-17-26(32)29(27(33)18-23)31-30-25(24-10-6-7-11-28(24)35-30)16-21(3)37(31)20(2)9-8-13-34/h6-7,10-11,17-18,21-22,31,35H,2,4-5,8-9,12,14-16,19H2,1,3H3/t21-,22-,31-/m1/s1. The topological polar surface area (TPSA) is 55.3 Å². The highest BCUT2D eigenvalue weighted by atomic mass is 19.1. The van der Waals surface area contributed by atoms with Gasteiger partial charge in [0, 0.05) is 60.0 Å². The van der Waals surface area contributed by atoms with Crippen LogP contribution in [0, 0.1) is 23.0 Å². The molecule has 5 rings (SSSR count). The summed E-state index contributed by atoms with van der Waals surface area (Å²) >= 11 is 0. The van der Waals surface area contributed by atoms with E-state index in [9.17, 15) is 0 Å². The van der Waals surface area contributed by atoms with E-state index in [0.717, 1.165) is 61.1 Å². The highest BCUT2D eigenvalue weighted by Gasteiger charge is 2.39. The van der Waals surface area contributed by atoms with Crippen molar-refractivity contribution in [1.82, 2.24) is 14.8 Å². The Morgan fingerprint density at radius 2 is 2.00 bits per heavy atom. The first-order chi connectivity index (χ1) is 18.4. The van der Waals surface area contributed by atoms with Gasteiger partial charge in [0.1, 0.15) is 29.5 Å². The minimum Gasteiger partial charge on any atom is -0.489 e. The molecule has 1 aromatic heterocycles. The van der Waals surface area contributed by atoms with Crippen LogP contribution in [0.1, 0.15) is 68.8 Å². The summed E-state index contributed by atoms with van der Waals surface area (Å²) in [6, 6.07) is 12.0. The van der Waals surface area contributed by atoms with Crippen molar-refractivity contribution in [3.63, 3.8) is 0 Å². The van der Waals surface area contributed by atoms with Crippen LogP contribution in [0.4, 0.5) is 8.78 Å². The summed E-state index contributed by atoms with van der Waals surface area (Å²) < 4.78 is 37.9. The van der Waals surface area contributed by atoms with Crippen LogP contribution < -0.4 is 4.74 Å². The number of aromatic nitrogens is 1. The number of H-pyrrole nitrogens is 1. The van der Waals surface area contributed by atoms with Gasteiger partial charge in [-0.3, -0.25) is 4.90 Å². The van der Waals surface area contributed by atoms with Crippen LogP contribution in [0.3, 0.4) is 0 Å². The minimum atomic E-state index is -0.725. The normalized spacial score (nSPS) is 21.4. The summed E-state index contributed by atoms with van der Waals surface area (Å²) in [6.07, 6.45) is 4.49. The summed E-state index contributed by atoms with van der Waals surface area (Å²) in [5, 5.41) is 10.2. The highest BCUT2D eigenvalue weighted by molar-refractivity contribution is 5.85. The predicted octanol–water partition coefficient (Wildman–Crippen LogP) is 6.85. The van der Waals surface area contributed by atoms with Gasteiger partial charge in [-0.1, -0.05) is 38.1 Å². The molecule has 0 unspecified atom stereocenters. The lowest BCUT2D eigenvalue weighted by molar-refractivity contribution is 0.185. The first-order valence-corrected chi connectivity index (χ1v) is 13.7. The molecular weight excluding hydrogens is 482 g/mol. The third-order valence-corrected chi connectivity index (χ3v) is 7.95. The number of ether oxygens (including phenoxy) is 1. The molecule has 38 heavy (non-hydrogen) atoms. The van der Waals surface area contributed by atoms with Crippen molar-refractivity contribution in [2.24, 2.45) is 0 Å². The third-order valence-electron chi connectivity index (χ3n) is 7.95. The number of fused-ring (bicyclic) bond motifs is 3. The monoisotopic (exact) mass is 518 g/mol. The summed E-state index contributed by atoms with van der Waals surface area (Å²) in [5.41, 5.74) is 3.46. The molecule has 7 heteroatoms. The van der Waals surface area contributed by atoms with E-state index in [4.69, 9.17) is 10.00 Å². The maximum Gasteiger partial charge on any atom is 0.135 e. The van der Waals surface area contributed by atoms with E-state index in [0.29, 0.717) is 25.0 Å². The number of hydrogen-bond acceptors (Lipinski definition) is 4. The number of likely N-dealkylation sites (tertiary alicyclic amines) is 1. The summed E-state index contributed by atoms with van der Waals surface area (Å²) in [4.78, 5) is 7.79. The van der Waals surface area contributed by atoms with Gasteiger partial charge >= 0.3 is 0 Å². The van der Waals surface area contributed by atoms with E-state index >= 15 is 8.78 Å². The number of nitrogens with one attached hydrogen (secondary N) is 1. The van der Waals surface area contributed by atoms with Gasteiger partial charge < -0.3 is 14.6 Å². The third kappa shape index (κ3) is 5.02. The number of aromatic amines is 1. The molecule has 0 spiro atoms. The molecular formula is C31H36F2N4O. The molecule has 1 fully saturated rings. The van der Waals surface area contributed by atoms with Crippen LogP contribution in [-0.2, 0) is 6.42 Å². The van der Waals surface area contributed by atoms with Gasteiger partial charge in [0.05, 0.1) is 11.6 Å². The molecule has 0 saturated carbocycles. The largest absolute Gasteiger partial charge is 0.489 e. The summed E-state index contributed by atoms with van der Waals surface area (Å²) in [7, 11) is 0. The lowest BCUT2D eigenvalue weighted by Gasteiger charge is -2.43. The van der Waals surface area contributed by atoms with Gasteiger partial charge in [0.2, 0.25) is 0 Å². The Hall–Kier alpha value is -3.37. The fraction of sp³-hybridized carbons (Fsp3) is 0.452. The van der Waals surface area contributed by atoms with E-state index in [1.54, 1.807) is 0 Å². The van der Waals surface area contributed by atoms with Crippen molar-refractivity contribution in [2.75, 3.05) is 19.6 Å². The van der Waals surface area contributed by atoms with Gasteiger partial charge in [-0.2, -0.15) is 5.26 Å². The second-order valence-electron chi connectivity index (χ2n) is 10.6. The molecule has 2 aliphatic heterocycles. The van der Waals surface area contributed by atoms with Gasteiger partial charge in [-0.05, 0) is 50.8 Å². The van der Waals surface area contributed by atoms with Crippen molar-refractivity contribution in [3.05, 3.63) is 77.1 Å². The lowest BCUT2D eigenvalue weighted by Crippen LogP contribution is -2.42. The zero-order valence-electron chi connectivity index (χ0n) is 22.3. The zero-order valence-corrected chi connectivity index (χ0v) is 22.3. The number of halogens is 2. The van der Waals surface area contributed by atoms with E-state index in [1.807, 2.05) is 36.1 Å². The highest BCUT2D eigenvalue weighted by Crippen LogP contribution is 2.45. The predicted molar refractivity (Wildman–Crippen MR) is 146 cm³/mol. The molecule has 1 N–H and O–H groups in total. The first kappa shape index (κ1) is 26.2. The fourth-order valence-corrected chi connectivity index (χ4v) is 6.13. The number of allylic oxidation sites excluding steroid dienone is 1. The average molecular weight is 519 g/mol. The first-order valence-electron chi connectivity index (χ1n) is 13.7. The number of unbranched alkanes of at least 4 members (excludes halogenated alkanes) is 1. The van der Waals surface area contributed by atoms with Gasteiger partial charge in [0.25, 0.3) is 0 Å². The number of para-hydroxylation sites is 1. The second kappa shape index (κ2) is 11.2. The Bertz CT molecular complexity index is 1340. The van der Waals surface area contributed by atoms with Gasteiger partial charge in [-0.25, -0.2) is 8.78 Å². The van der Waals surface area contributed by atoms with Crippen LogP contribution in [0.2, 0.25) is 0 Å². The SMILES string of the molecule is C=C(CCC#N)N1[C@H](c2c(F)cc(O[C@@H]3CCN(CCCC)C3)cc2F)c2[nH]c3ccccc3c2C[C@H]1C. The van der Waals surface area contributed by atoms with Crippen molar-refractivity contribution < 1.29 is 13.5 Å². The van der Waals surface area contributed by atoms with Crippen molar-refractivity contribution >= 4 is 10.9 Å². The molecule has 2 aliphatic rings. The quantitative estimate of drug-likeness (QED) is 0.337. The smallest absolute Gasteiger partial charge is 0.135 e. The number of nitriles is 1. The Morgan fingerprint density at radius 3 is 2.74 bits per heavy atom. The van der Waals surface area contributed by atoms with E-state index in [1.165, 1.54) is 12.1 Å². The Morgan fingerprint density at radius 1 is 1.24 bits per heavy atom. The molecule has 5 nitrogen and oxygen atoms in total. The molecule has 3 heterocycles. The summed E-state index contributed by atoms with van der Waals surface area (Å²) in [6.45, 7) is 11.2. The maximum atomic E-state index is 15.9. The Kier molecular flexibility index (Phi) is 7.71. The van der Waals surface area contributed by atoms with E-state index < -0.39 is 17.7 Å². The number of benzene rings is 2. The van der Waals surface area contributed by atoms with Gasteiger partial charge in [0.15, 0.2) is 0 Å². The number of hydrogen-bond donors (Lipinski definition) is 1. The van der Waals surface area contributed by atoms with Crippen molar-refractivity contribution in [2.45, 2.75) is 70.6 Å². The molecule has 2 aromatic carbocycles. The number of nitrogens with zero attached hydrogens (tertiary/aromatic N) is 3. The Labute approximate surface area is 223 Å². The molecule has 0 bridgehead atoms. The van der Waals surface area contributed by atoms with Gasteiger partial charge in [-0.15, -0.1) is 0 Å². The minimum absolute atomic E-state index is 0.0224. The van der Waals surface area contributed by atoms with Crippen LogP contribution in [0.25, 0.3) is 10.9 Å². The fourth-order valence-electron chi connectivity index (χ4n) is 6.13. The molecule has 3 atom stereocenters. The van der Waals surface area contributed by atoms with Crippen LogP contribution in [0.15, 0.2) is 48.7 Å².